The van der Waals surface area contributed by atoms with Gasteiger partial charge in [-0.15, -0.1) is 0 Å². The third kappa shape index (κ3) is 2.57. The average Bonchev–Trinajstić information content (AvgIpc) is 2.53. The number of rotatable bonds is 4. The maximum atomic E-state index is 12.4. The predicted molar refractivity (Wildman–Crippen MR) is 88.7 cm³/mol. The first-order valence-corrected chi connectivity index (χ1v) is 9.00. The minimum Gasteiger partial charge on any atom is -0.394 e. The van der Waals surface area contributed by atoms with Crippen LogP contribution in [0, 0.1) is 17.8 Å². The molecule has 130 valence electrons. The van der Waals surface area contributed by atoms with Gasteiger partial charge in [0.05, 0.1) is 6.61 Å². The van der Waals surface area contributed by atoms with Gasteiger partial charge in [-0.2, -0.15) is 0 Å². The number of H-pyrrole nitrogens is 1. The summed E-state index contributed by atoms with van der Waals surface area (Å²) in [5.74, 6) is 2.61. The van der Waals surface area contributed by atoms with Gasteiger partial charge in [-0.05, 0) is 63.2 Å². The van der Waals surface area contributed by atoms with E-state index in [1.54, 1.807) is 6.92 Å². The van der Waals surface area contributed by atoms with Crippen LogP contribution in [0.25, 0.3) is 0 Å². The van der Waals surface area contributed by atoms with E-state index in [1.807, 2.05) is 0 Å². The number of nitrogens with zero attached hydrogens (tertiary/aromatic N) is 1. The van der Waals surface area contributed by atoms with Gasteiger partial charge >= 0.3 is 0 Å². The van der Waals surface area contributed by atoms with Gasteiger partial charge in [0.15, 0.2) is 0 Å². The van der Waals surface area contributed by atoms with Gasteiger partial charge in [-0.25, -0.2) is 4.98 Å². The predicted octanol–water partition coefficient (Wildman–Crippen LogP) is 1.35. The van der Waals surface area contributed by atoms with E-state index >= 15 is 0 Å². The van der Waals surface area contributed by atoms with Crippen molar-refractivity contribution in [3.63, 3.8) is 0 Å². The van der Waals surface area contributed by atoms with E-state index in [2.05, 4.69) is 15.3 Å². The number of nitrogens with one attached hydrogen (secondary N) is 2. The van der Waals surface area contributed by atoms with E-state index in [0.29, 0.717) is 0 Å². The number of aliphatic hydroxyl groups excluding tert-OH is 1. The first kappa shape index (κ1) is 15.8. The van der Waals surface area contributed by atoms with Crippen molar-refractivity contribution < 1.29 is 9.90 Å². The van der Waals surface area contributed by atoms with Crippen LogP contribution in [-0.2, 0) is 5.41 Å². The van der Waals surface area contributed by atoms with Crippen LogP contribution in [0.15, 0.2) is 11.0 Å². The molecule has 0 radical (unpaired) electrons. The van der Waals surface area contributed by atoms with Gasteiger partial charge in [-0.1, -0.05) is 0 Å². The molecule has 4 aliphatic rings. The number of aromatic nitrogens is 2. The number of aliphatic hydroxyl groups is 1. The van der Waals surface area contributed by atoms with Crippen LogP contribution in [-0.4, -0.2) is 33.6 Å². The van der Waals surface area contributed by atoms with Crippen molar-refractivity contribution in [2.24, 2.45) is 17.8 Å². The van der Waals surface area contributed by atoms with Crippen molar-refractivity contribution >= 4 is 5.91 Å². The summed E-state index contributed by atoms with van der Waals surface area (Å²) in [5, 5.41) is 11.6. The molecule has 0 aliphatic heterocycles. The molecule has 1 aromatic rings. The van der Waals surface area contributed by atoms with Crippen molar-refractivity contribution in [3.8, 4) is 0 Å². The summed E-state index contributed by atoms with van der Waals surface area (Å²) in [4.78, 5) is 32.0. The van der Waals surface area contributed by atoms with Gasteiger partial charge < -0.3 is 15.4 Å². The number of carbonyl (C=O) groups excluding carboxylic acids is 1. The molecule has 1 unspecified atom stereocenters. The zero-order valence-corrected chi connectivity index (χ0v) is 14.0. The summed E-state index contributed by atoms with van der Waals surface area (Å²) in [7, 11) is 0. The van der Waals surface area contributed by atoms with E-state index in [9.17, 15) is 9.59 Å². The first-order chi connectivity index (χ1) is 11.5. The van der Waals surface area contributed by atoms with E-state index in [0.717, 1.165) is 42.8 Å². The monoisotopic (exact) mass is 331 g/mol. The largest absolute Gasteiger partial charge is 0.394 e. The number of amides is 1. The molecule has 0 spiro atoms. The molecular formula is C18H25N3O3. The van der Waals surface area contributed by atoms with Crippen molar-refractivity contribution in [1.29, 1.82) is 0 Å². The molecule has 1 atom stereocenters. The highest BCUT2D eigenvalue weighted by Crippen LogP contribution is 2.59. The van der Waals surface area contributed by atoms with Gasteiger partial charge in [0.2, 0.25) is 0 Å². The summed E-state index contributed by atoms with van der Waals surface area (Å²) in [5.41, 5.74) is -0.344. The minimum absolute atomic E-state index is 0.0152. The number of aromatic amines is 1. The third-order valence-electron chi connectivity index (χ3n) is 6.24. The second-order valence-electron chi connectivity index (χ2n) is 8.23. The highest BCUT2D eigenvalue weighted by molar-refractivity contribution is 5.93. The molecule has 0 saturated heterocycles. The molecule has 3 N–H and O–H groups in total. The van der Waals surface area contributed by atoms with Crippen LogP contribution >= 0.6 is 0 Å². The molecule has 1 heterocycles. The third-order valence-corrected chi connectivity index (χ3v) is 6.24. The van der Waals surface area contributed by atoms with Gasteiger partial charge in [0, 0.05) is 17.7 Å². The van der Waals surface area contributed by atoms with Gasteiger partial charge in [-0.3, -0.25) is 9.59 Å². The molecule has 4 fully saturated rings. The van der Waals surface area contributed by atoms with Crippen LogP contribution < -0.4 is 10.9 Å². The van der Waals surface area contributed by atoms with Crippen molar-refractivity contribution in [2.45, 2.75) is 56.9 Å². The Kier molecular flexibility index (Phi) is 3.75. The molecule has 4 saturated carbocycles. The number of carbonyl (C=O) groups is 1. The molecule has 5 rings (SSSR count). The fourth-order valence-electron chi connectivity index (χ4n) is 5.57. The molecule has 24 heavy (non-hydrogen) atoms. The smallest absolute Gasteiger partial charge is 0.263 e. The fourth-order valence-corrected chi connectivity index (χ4v) is 5.57. The van der Waals surface area contributed by atoms with E-state index in [4.69, 9.17) is 5.11 Å². The second kappa shape index (κ2) is 5.69. The zero-order chi connectivity index (χ0) is 16.9. The normalized spacial score (nSPS) is 35.0. The Balaban J connectivity index is 1.61. The fraction of sp³-hybridized carbons (Fsp3) is 0.722. The van der Waals surface area contributed by atoms with Crippen molar-refractivity contribution in [2.75, 3.05) is 6.61 Å². The molecule has 6 heteroatoms. The molecule has 1 amide bonds. The van der Waals surface area contributed by atoms with Crippen LogP contribution in [0.4, 0.5) is 0 Å². The van der Waals surface area contributed by atoms with Crippen molar-refractivity contribution in [3.05, 3.63) is 27.9 Å². The van der Waals surface area contributed by atoms with Crippen LogP contribution in [0.5, 0.6) is 0 Å². The van der Waals surface area contributed by atoms with Crippen LogP contribution in [0.2, 0.25) is 0 Å². The SMILES string of the molecule is CC(CO)NC(=O)c1cnc(C23CC4CC(CC(C4)C2)C3)[nH]c1=O. The lowest BCUT2D eigenvalue weighted by Gasteiger charge is -2.56. The topological polar surface area (TPSA) is 95.1 Å². The van der Waals surface area contributed by atoms with Gasteiger partial charge in [0.25, 0.3) is 11.5 Å². The Bertz CT molecular complexity index is 676. The highest BCUT2D eigenvalue weighted by Gasteiger charge is 2.52. The summed E-state index contributed by atoms with van der Waals surface area (Å²) in [6, 6.07) is -0.389. The summed E-state index contributed by atoms with van der Waals surface area (Å²) >= 11 is 0. The van der Waals surface area contributed by atoms with Crippen LogP contribution in [0.3, 0.4) is 0 Å². The Morgan fingerprint density at radius 3 is 2.42 bits per heavy atom. The maximum Gasteiger partial charge on any atom is 0.263 e. The number of hydrogen-bond donors (Lipinski definition) is 3. The Morgan fingerprint density at radius 2 is 1.92 bits per heavy atom. The van der Waals surface area contributed by atoms with Gasteiger partial charge in [0.1, 0.15) is 11.4 Å². The van der Waals surface area contributed by atoms with E-state index < -0.39 is 5.91 Å². The zero-order valence-electron chi connectivity index (χ0n) is 14.0. The lowest BCUT2D eigenvalue weighted by atomic mass is 9.49. The molecular weight excluding hydrogens is 306 g/mol. The number of hydrogen-bond acceptors (Lipinski definition) is 4. The van der Waals surface area contributed by atoms with E-state index in [1.165, 1.54) is 25.5 Å². The van der Waals surface area contributed by atoms with E-state index in [-0.39, 0.29) is 29.2 Å². The minimum atomic E-state index is -0.484. The first-order valence-electron chi connectivity index (χ1n) is 9.00. The average molecular weight is 331 g/mol. The Hall–Kier alpha value is -1.69. The van der Waals surface area contributed by atoms with Crippen molar-refractivity contribution in [1.82, 2.24) is 15.3 Å². The van der Waals surface area contributed by atoms with Crippen LogP contribution in [0.1, 0.15) is 61.6 Å². The second-order valence-corrected chi connectivity index (χ2v) is 8.23. The quantitative estimate of drug-likeness (QED) is 0.776. The molecule has 4 aliphatic carbocycles. The Labute approximate surface area is 141 Å². The Morgan fingerprint density at radius 1 is 1.33 bits per heavy atom. The summed E-state index contributed by atoms with van der Waals surface area (Å²) < 4.78 is 0. The summed E-state index contributed by atoms with van der Waals surface area (Å²) in [6.07, 6.45) is 8.78. The molecule has 1 aromatic heterocycles. The molecule has 6 nitrogen and oxygen atoms in total. The standard InChI is InChI=1S/C18H25N3O3/c1-10(9-22)20-15(23)14-8-19-17(21-16(14)24)18-5-11-2-12(6-18)4-13(3-11)7-18/h8,10-13,22H,2-7,9H2,1H3,(H,20,23)(H,19,21,24). The lowest BCUT2D eigenvalue weighted by Crippen LogP contribution is -2.50. The molecule has 4 bridgehead atoms. The lowest BCUT2D eigenvalue weighted by molar-refractivity contribution is -0.00954. The highest BCUT2D eigenvalue weighted by atomic mass is 16.3. The molecule has 0 aromatic carbocycles. The maximum absolute atomic E-state index is 12.4. The summed E-state index contributed by atoms with van der Waals surface area (Å²) in [6.45, 7) is 1.52.